The molecule has 2 atom stereocenters. The highest BCUT2D eigenvalue weighted by atomic mass is 32.1. The molecule has 334 valence electrons. The molecule has 12 nitrogen and oxygen atoms in total. The predicted molar refractivity (Wildman–Crippen MR) is 245 cm³/mol. The van der Waals surface area contributed by atoms with Gasteiger partial charge < -0.3 is 28.6 Å². The number of anilines is 1. The number of ether oxygens (including phenoxy) is 5. The van der Waals surface area contributed by atoms with Crippen molar-refractivity contribution in [3.05, 3.63) is 35.6 Å². The van der Waals surface area contributed by atoms with Gasteiger partial charge in [-0.3, -0.25) is 9.80 Å². The summed E-state index contributed by atoms with van der Waals surface area (Å²) < 4.78 is 46.6. The number of thiazole rings is 1. The van der Waals surface area contributed by atoms with Crippen molar-refractivity contribution in [3.8, 4) is 34.2 Å². The second kappa shape index (κ2) is 17.4. The third-order valence-corrected chi connectivity index (χ3v) is 20.8. The average Bonchev–Trinajstić information content (AvgIpc) is 3.97. The lowest BCUT2D eigenvalue weighted by molar-refractivity contribution is 0.0122. The van der Waals surface area contributed by atoms with Gasteiger partial charge in [0.1, 0.15) is 43.1 Å². The maximum absolute atomic E-state index is 16.2. The fourth-order valence-electron chi connectivity index (χ4n) is 10.9. The smallest absolute Gasteiger partial charge is 0.410 e. The molecule has 2 unspecified atom stereocenters. The van der Waals surface area contributed by atoms with Crippen LogP contribution in [0.1, 0.15) is 106 Å². The summed E-state index contributed by atoms with van der Waals surface area (Å²) in [7, 11) is -0.662. The number of hydrogen-bond donors (Lipinski definition) is 0. The molecular weight excluding hydrogens is 824 g/mol. The van der Waals surface area contributed by atoms with E-state index in [-0.39, 0.29) is 36.1 Å². The quantitative estimate of drug-likeness (QED) is 0.0770. The maximum Gasteiger partial charge on any atom is 0.410 e. The van der Waals surface area contributed by atoms with Crippen LogP contribution in [0.25, 0.3) is 21.1 Å². The molecule has 2 bridgehead atoms. The minimum absolute atomic E-state index is 0.00704. The molecule has 4 fully saturated rings. The zero-order chi connectivity index (χ0) is 44.1. The van der Waals surface area contributed by atoms with Crippen LogP contribution in [0.5, 0.6) is 22.7 Å². The van der Waals surface area contributed by atoms with Crippen LogP contribution in [-0.4, -0.2) is 109 Å². The van der Waals surface area contributed by atoms with E-state index in [0.29, 0.717) is 86.0 Å². The number of halogens is 1. The van der Waals surface area contributed by atoms with E-state index >= 15 is 4.39 Å². The van der Waals surface area contributed by atoms with Crippen molar-refractivity contribution in [2.45, 2.75) is 141 Å². The second-order valence-electron chi connectivity index (χ2n) is 19.6. The molecule has 15 heteroatoms. The number of methoxy groups -OCH3 is 1. The van der Waals surface area contributed by atoms with Gasteiger partial charge in [0.25, 0.3) is 5.19 Å². The fraction of sp³-hybridized carbons (Fsp3) is 0.617. The maximum atomic E-state index is 16.2. The molecule has 4 aliphatic rings. The minimum atomic E-state index is -2.22. The van der Waals surface area contributed by atoms with Gasteiger partial charge in [0, 0.05) is 31.7 Å². The monoisotopic (exact) mass is 886 g/mol. The third kappa shape index (κ3) is 8.44. The van der Waals surface area contributed by atoms with Crippen LogP contribution in [0.15, 0.2) is 24.3 Å². The average molecular weight is 887 g/mol. The van der Waals surface area contributed by atoms with E-state index in [1.165, 1.54) is 17.4 Å². The molecular formula is C47H63FN6O6SSi. The van der Waals surface area contributed by atoms with Crippen LogP contribution in [0.2, 0.25) is 16.6 Å². The van der Waals surface area contributed by atoms with Crippen LogP contribution in [0.4, 0.5) is 15.0 Å². The summed E-state index contributed by atoms with van der Waals surface area (Å²) in [5.41, 5.74) is 5.12. The number of fused-ring (bicyclic) bond motifs is 5. The van der Waals surface area contributed by atoms with Crippen molar-refractivity contribution in [3.63, 3.8) is 0 Å². The molecule has 2 aromatic heterocycles. The van der Waals surface area contributed by atoms with Gasteiger partial charge >= 0.3 is 12.1 Å². The van der Waals surface area contributed by atoms with Gasteiger partial charge in [-0.15, -0.1) is 5.54 Å². The van der Waals surface area contributed by atoms with Crippen molar-refractivity contribution in [2.24, 2.45) is 0 Å². The number of nitrogens with zero attached hydrogens (tertiary/aromatic N) is 6. The van der Waals surface area contributed by atoms with Gasteiger partial charge in [-0.1, -0.05) is 64.9 Å². The Morgan fingerprint density at radius 2 is 1.65 bits per heavy atom. The molecule has 6 heterocycles. The molecule has 8 rings (SSSR count). The third-order valence-electron chi connectivity index (χ3n) is 13.7. The standard InChI is InChI=1S/C47H63FN6O6SSi/c1-29(2)62(30(3)4,31(5)6)22-17-36-37(48)16-13-32-23-35(58-28-56-10)24-38(39(32)36)59-44-49-40-41(52-25-33-14-15-34(26-52)54(33)45(55)60-46(7,8)9)50-43(51-42(40)61-44)57-27-47-18-11-20-53(47)21-12-19-47/h13,16,23-24,29-31,33-34H,11-12,14-15,18-21,25-28H2,1-10H3. The Morgan fingerprint density at radius 3 is 2.27 bits per heavy atom. The summed E-state index contributed by atoms with van der Waals surface area (Å²) in [6.07, 6.45) is 5.97. The molecule has 0 aliphatic carbocycles. The summed E-state index contributed by atoms with van der Waals surface area (Å²) in [6.45, 7) is 23.0. The number of rotatable bonds is 12. The van der Waals surface area contributed by atoms with Crippen molar-refractivity contribution in [2.75, 3.05) is 51.6 Å². The number of aromatic nitrogens is 3. The predicted octanol–water partition coefficient (Wildman–Crippen LogP) is 10.3. The van der Waals surface area contributed by atoms with Crippen LogP contribution < -0.4 is 19.1 Å². The molecule has 0 saturated carbocycles. The van der Waals surface area contributed by atoms with E-state index in [1.807, 2.05) is 31.7 Å². The van der Waals surface area contributed by atoms with Crippen LogP contribution in [-0.2, 0) is 9.47 Å². The highest BCUT2D eigenvalue weighted by molar-refractivity contribution is 7.19. The Morgan fingerprint density at radius 1 is 0.968 bits per heavy atom. The Bertz CT molecular complexity index is 2330. The van der Waals surface area contributed by atoms with Gasteiger partial charge in [-0.2, -0.15) is 15.0 Å². The van der Waals surface area contributed by atoms with E-state index in [1.54, 1.807) is 19.2 Å². The summed E-state index contributed by atoms with van der Waals surface area (Å²) in [4.78, 5) is 35.8. The van der Waals surface area contributed by atoms with Crippen LogP contribution >= 0.6 is 11.3 Å². The van der Waals surface area contributed by atoms with Crippen LogP contribution in [0.3, 0.4) is 0 Å². The molecule has 62 heavy (non-hydrogen) atoms. The van der Waals surface area contributed by atoms with Gasteiger partial charge in [0.15, 0.2) is 17.4 Å². The highest BCUT2D eigenvalue weighted by Gasteiger charge is 2.47. The molecule has 0 spiro atoms. The molecule has 2 aromatic carbocycles. The Balaban J connectivity index is 1.20. The van der Waals surface area contributed by atoms with Crippen molar-refractivity contribution < 1.29 is 32.9 Å². The van der Waals surface area contributed by atoms with E-state index in [2.05, 4.69) is 62.8 Å². The number of amides is 1. The zero-order valence-electron chi connectivity index (χ0n) is 38.1. The summed E-state index contributed by atoms with van der Waals surface area (Å²) >= 11 is 1.29. The Hall–Kier alpha value is -4.23. The van der Waals surface area contributed by atoms with E-state index in [9.17, 15) is 4.79 Å². The minimum Gasteiger partial charge on any atom is -0.467 e. The van der Waals surface area contributed by atoms with Crippen molar-refractivity contribution in [1.82, 2.24) is 24.8 Å². The van der Waals surface area contributed by atoms with Crippen molar-refractivity contribution in [1.29, 1.82) is 0 Å². The lowest BCUT2D eigenvalue weighted by atomic mass is 9.95. The lowest BCUT2D eigenvalue weighted by Gasteiger charge is -2.41. The molecule has 4 saturated heterocycles. The van der Waals surface area contributed by atoms with Crippen LogP contribution in [0, 0.1) is 17.3 Å². The first kappa shape index (κ1) is 44.4. The molecule has 4 aliphatic heterocycles. The first-order chi connectivity index (χ1) is 29.5. The summed E-state index contributed by atoms with van der Waals surface area (Å²) in [5, 5.41) is 1.57. The topological polar surface area (TPSA) is 112 Å². The number of hydrogen-bond acceptors (Lipinski definition) is 12. The van der Waals surface area contributed by atoms with E-state index in [0.717, 1.165) is 51.6 Å². The van der Waals surface area contributed by atoms with E-state index < -0.39 is 19.5 Å². The van der Waals surface area contributed by atoms with Gasteiger partial charge in [-0.25, -0.2) is 9.18 Å². The SMILES string of the molecule is COCOc1cc(Oc2nc3c(N4CC5CCC(C4)N5C(=O)OC(C)(C)C)nc(OCC45CCCN4CCC5)nc3s2)c2c(C#C[Si](C(C)C)(C(C)C)C(C)C)c(F)ccc2c1. The van der Waals surface area contributed by atoms with Gasteiger partial charge in [-0.05, 0) is 107 Å². The Labute approximate surface area is 370 Å². The summed E-state index contributed by atoms with van der Waals surface area (Å²) in [5.74, 6) is 4.48. The molecule has 1 amide bonds. The number of piperazine rings is 1. The normalized spacial score (nSPS) is 20.1. The van der Waals surface area contributed by atoms with Gasteiger partial charge in [0.05, 0.1) is 23.2 Å². The zero-order valence-corrected chi connectivity index (χ0v) is 39.9. The number of carbonyl (C=O) groups is 1. The molecule has 0 N–H and O–H groups in total. The molecule has 4 aromatic rings. The van der Waals surface area contributed by atoms with Gasteiger partial charge in [0.2, 0.25) is 0 Å². The first-order valence-corrected chi connectivity index (χ1v) is 25.5. The molecule has 0 radical (unpaired) electrons. The number of benzene rings is 2. The summed E-state index contributed by atoms with van der Waals surface area (Å²) in [6, 6.07) is 7.01. The van der Waals surface area contributed by atoms with Crippen molar-refractivity contribution >= 4 is 52.4 Å². The highest BCUT2D eigenvalue weighted by Crippen LogP contribution is 2.45. The van der Waals surface area contributed by atoms with E-state index in [4.69, 9.17) is 38.6 Å². The first-order valence-electron chi connectivity index (χ1n) is 22.4. The second-order valence-corrected chi connectivity index (χ2v) is 26.1. The number of carbonyl (C=O) groups excluding carboxylic acids is 1. The fourth-order valence-corrected chi connectivity index (χ4v) is 16.9. The lowest BCUT2D eigenvalue weighted by Crippen LogP contribution is -2.57. The Kier molecular flexibility index (Phi) is 12.4. The largest absolute Gasteiger partial charge is 0.467 e.